The van der Waals surface area contributed by atoms with Gasteiger partial charge in [0.05, 0.1) is 7.11 Å². The molecular weight excluding hydrogens is 374 g/mol. The fourth-order valence-electron chi connectivity index (χ4n) is 3.28. The first-order chi connectivity index (χ1) is 13.7. The molecule has 0 saturated carbocycles. The van der Waals surface area contributed by atoms with E-state index in [-0.39, 0.29) is 11.8 Å². The number of carbonyl (C=O) groups is 1. The molecule has 0 N–H and O–H groups in total. The molecule has 0 bridgehead atoms. The van der Waals surface area contributed by atoms with Crippen molar-refractivity contribution >= 4 is 23.3 Å². The summed E-state index contributed by atoms with van der Waals surface area (Å²) in [6, 6.07) is 11.5. The van der Waals surface area contributed by atoms with Crippen molar-refractivity contribution in [3.05, 3.63) is 58.6 Å². The molecule has 3 aromatic rings. The Kier molecular flexibility index (Phi) is 5.53. The van der Waals surface area contributed by atoms with E-state index in [0.29, 0.717) is 24.8 Å². The maximum atomic E-state index is 12.4. The molecule has 3 heterocycles. The fraction of sp³-hybridized carbons (Fsp3) is 0.286. The van der Waals surface area contributed by atoms with Crippen LogP contribution in [0.1, 0.15) is 29.5 Å². The number of piperidine rings is 1. The van der Waals surface area contributed by atoms with Crippen molar-refractivity contribution in [2.45, 2.75) is 18.8 Å². The van der Waals surface area contributed by atoms with Gasteiger partial charge in [-0.1, -0.05) is 17.3 Å². The van der Waals surface area contributed by atoms with Gasteiger partial charge in [0.1, 0.15) is 5.75 Å². The molecule has 0 spiro atoms. The molecule has 144 valence electrons. The van der Waals surface area contributed by atoms with Gasteiger partial charge in [0, 0.05) is 35.5 Å². The van der Waals surface area contributed by atoms with Crippen molar-refractivity contribution in [3.63, 3.8) is 0 Å². The zero-order chi connectivity index (χ0) is 19.3. The lowest BCUT2D eigenvalue weighted by Gasteiger charge is -2.29. The summed E-state index contributed by atoms with van der Waals surface area (Å²) in [5.74, 6) is 2.20. The summed E-state index contributed by atoms with van der Waals surface area (Å²) >= 11 is 1.62. The van der Waals surface area contributed by atoms with Gasteiger partial charge in [0.15, 0.2) is 5.82 Å². The number of hydrogen-bond donors (Lipinski definition) is 0. The molecule has 0 unspecified atom stereocenters. The number of aromatic nitrogens is 2. The summed E-state index contributed by atoms with van der Waals surface area (Å²) < 4.78 is 10.7. The first kappa shape index (κ1) is 18.4. The van der Waals surface area contributed by atoms with Gasteiger partial charge in [-0.15, -0.1) is 11.3 Å². The van der Waals surface area contributed by atoms with Crippen molar-refractivity contribution in [1.82, 2.24) is 15.0 Å². The third-order valence-corrected chi connectivity index (χ3v) is 5.70. The Morgan fingerprint density at radius 1 is 1.29 bits per heavy atom. The molecule has 28 heavy (non-hydrogen) atoms. The van der Waals surface area contributed by atoms with E-state index in [1.165, 1.54) is 0 Å². The zero-order valence-corrected chi connectivity index (χ0v) is 16.4. The van der Waals surface area contributed by atoms with Gasteiger partial charge in [-0.05, 0) is 48.6 Å². The van der Waals surface area contributed by atoms with E-state index in [1.807, 2.05) is 52.8 Å². The molecule has 7 heteroatoms. The van der Waals surface area contributed by atoms with Crippen LogP contribution in [0.25, 0.3) is 17.5 Å². The highest BCUT2D eigenvalue weighted by Crippen LogP contribution is 2.29. The number of carbonyl (C=O) groups excluding carboxylic acids is 1. The summed E-state index contributed by atoms with van der Waals surface area (Å²) in [6.45, 7) is 1.39. The van der Waals surface area contributed by atoms with E-state index in [4.69, 9.17) is 9.26 Å². The molecule has 6 nitrogen and oxygen atoms in total. The van der Waals surface area contributed by atoms with Crippen LogP contribution in [0.4, 0.5) is 0 Å². The van der Waals surface area contributed by atoms with Gasteiger partial charge in [-0.25, -0.2) is 0 Å². The van der Waals surface area contributed by atoms with Crippen molar-refractivity contribution in [2.24, 2.45) is 0 Å². The van der Waals surface area contributed by atoms with Crippen LogP contribution >= 0.6 is 11.3 Å². The van der Waals surface area contributed by atoms with Crippen molar-refractivity contribution in [2.75, 3.05) is 20.2 Å². The van der Waals surface area contributed by atoms with Gasteiger partial charge in [0.25, 0.3) is 5.89 Å². The Morgan fingerprint density at radius 2 is 2.14 bits per heavy atom. The normalized spacial score (nSPS) is 15.2. The molecule has 0 aliphatic carbocycles. The number of methoxy groups -OCH3 is 1. The van der Waals surface area contributed by atoms with E-state index in [9.17, 15) is 4.79 Å². The molecule has 0 radical (unpaired) electrons. The molecule has 1 aliphatic heterocycles. The Hall–Kier alpha value is -2.93. The van der Waals surface area contributed by atoms with Crippen LogP contribution in [0.5, 0.6) is 5.75 Å². The first-order valence-electron chi connectivity index (χ1n) is 9.21. The Bertz CT molecular complexity index is 957. The average Bonchev–Trinajstić information content (AvgIpc) is 3.44. The third kappa shape index (κ3) is 4.14. The highest BCUT2D eigenvalue weighted by atomic mass is 32.1. The van der Waals surface area contributed by atoms with Crippen LogP contribution in [0.2, 0.25) is 0 Å². The SMILES string of the molecule is COc1cccc(-c2nc(C3CCN(C(=O)C=Cc4cccs4)CC3)no2)c1. The van der Waals surface area contributed by atoms with Gasteiger partial charge >= 0.3 is 0 Å². The number of amides is 1. The van der Waals surface area contributed by atoms with Crippen LogP contribution in [-0.2, 0) is 4.79 Å². The number of hydrogen-bond acceptors (Lipinski definition) is 6. The van der Waals surface area contributed by atoms with Gasteiger partial charge in [-0.2, -0.15) is 4.98 Å². The minimum absolute atomic E-state index is 0.0528. The van der Waals surface area contributed by atoms with Crippen LogP contribution in [-0.4, -0.2) is 41.1 Å². The predicted molar refractivity (Wildman–Crippen MR) is 108 cm³/mol. The highest BCUT2D eigenvalue weighted by Gasteiger charge is 2.26. The maximum Gasteiger partial charge on any atom is 0.258 e. The van der Waals surface area contributed by atoms with E-state index in [0.717, 1.165) is 29.0 Å². The molecule has 1 amide bonds. The van der Waals surface area contributed by atoms with E-state index in [1.54, 1.807) is 24.5 Å². The zero-order valence-electron chi connectivity index (χ0n) is 15.6. The minimum atomic E-state index is 0.0528. The quantitative estimate of drug-likeness (QED) is 0.605. The first-order valence-corrected chi connectivity index (χ1v) is 10.1. The van der Waals surface area contributed by atoms with Crippen LogP contribution in [0.15, 0.2) is 52.4 Å². The van der Waals surface area contributed by atoms with Crippen molar-refractivity contribution in [1.29, 1.82) is 0 Å². The standard InChI is InChI=1S/C21H21N3O3S/c1-26-17-5-2-4-16(14-17)21-22-20(23-27-21)15-9-11-24(12-10-15)19(25)8-7-18-6-3-13-28-18/h2-8,13-15H,9-12H2,1H3. The molecule has 2 aromatic heterocycles. The summed E-state index contributed by atoms with van der Waals surface area (Å²) in [4.78, 5) is 19.9. The third-order valence-electron chi connectivity index (χ3n) is 4.86. The lowest BCUT2D eigenvalue weighted by Crippen LogP contribution is -2.37. The molecule has 1 aromatic carbocycles. The molecule has 1 saturated heterocycles. The van der Waals surface area contributed by atoms with E-state index >= 15 is 0 Å². The Labute approximate surface area is 167 Å². The van der Waals surface area contributed by atoms with Crippen molar-refractivity contribution in [3.8, 4) is 17.2 Å². The second-order valence-corrected chi connectivity index (χ2v) is 7.62. The number of nitrogens with zero attached hydrogens (tertiary/aromatic N) is 3. The summed E-state index contributed by atoms with van der Waals surface area (Å²) in [5.41, 5.74) is 0.837. The number of rotatable bonds is 5. The summed E-state index contributed by atoms with van der Waals surface area (Å²) in [6.07, 6.45) is 5.19. The fourth-order valence-corrected chi connectivity index (χ4v) is 3.90. The molecule has 1 fully saturated rings. The molecular formula is C21H21N3O3S. The topological polar surface area (TPSA) is 68.5 Å². The highest BCUT2D eigenvalue weighted by molar-refractivity contribution is 7.10. The van der Waals surface area contributed by atoms with Gasteiger partial charge in [-0.3, -0.25) is 4.79 Å². The minimum Gasteiger partial charge on any atom is -0.497 e. The van der Waals surface area contributed by atoms with Gasteiger partial charge in [0.2, 0.25) is 5.91 Å². The lowest BCUT2D eigenvalue weighted by molar-refractivity contribution is -0.127. The summed E-state index contributed by atoms with van der Waals surface area (Å²) in [5, 5.41) is 6.17. The number of thiophene rings is 1. The lowest BCUT2D eigenvalue weighted by atomic mass is 9.96. The van der Waals surface area contributed by atoms with E-state index < -0.39 is 0 Å². The Balaban J connectivity index is 1.36. The largest absolute Gasteiger partial charge is 0.497 e. The number of likely N-dealkylation sites (tertiary alicyclic amines) is 1. The molecule has 0 atom stereocenters. The average molecular weight is 395 g/mol. The predicted octanol–water partition coefficient (Wildman–Crippen LogP) is 4.23. The van der Waals surface area contributed by atoms with Gasteiger partial charge < -0.3 is 14.2 Å². The van der Waals surface area contributed by atoms with Crippen LogP contribution < -0.4 is 4.74 Å². The number of benzene rings is 1. The monoisotopic (exact) mass is 395 g/mol. The van der Waals surface area contributed by atoms with Crippen molar-refractivity contribution < 1.29 is 14.1 Å². The molecule has 1 aliphatic rings. The maximum absolute atomic E-state index is 12.4. The Morgan fingerprint density at radius 3 is 2.89 bits per heavy atom. The van der Waals surface area contributed by atoms with E-state index in [2.05, 4.69) is 10.1 Å². The number of ether oxygens (including phenoxy) is 1. The van der Waals surface area contributed by atoms with Crippen LogP contribution in [0.3, 0.4) is 0 Å². The second-order valence-electron chi connectivity index (χ2n) is 6.64. The second kappa shape index (κ2) is 8.39. The smallest absolute Gasteiger partial charge is 0.258 e. The van der Waals surface area contributed by atoms with Crippen LogP contribution in [0, 0.1) is 0 Å². The molecule has 4 rings (SSSR count). The summed E-state index contributed by atoms with van der Waals surface area (Å²) in [7, 11) is 1.63.